The summed E-state index contributed by atoms with van der Waals surface area (Å²) in [4.78, 5) is 22.2. The largest absolute Gasteiger partial charge is 0.480 e. The monoisotopic (exact) mass is 273 g/mol. The molecule has 0 saturated heterocycles. The molecule has 6 heteroatoms. The Bertz CT molecular complexity index is 591. The highest BCUT2D eigenvalue weighted by Gasteiger charge is 2.13. The number of nitrogens with zero attached hydrogens (tertiary/aromatic N) is 1. The molecule has 104 valence electrons. The Balaban J connectivity index is 1.97. The fourth-order valence-corrected chi connectivity index (χ4v) is 1.65. The molecule has 1 aromatic carbocycles. The second-order valence-corrected chi connectivity index (χ2v) is 4.30. The van der Waals surface area contributed by atoms with Crippen molar-refractivity contribution in [2.75, 3.05) is 5.32 Å². The first kappa shape index (κ1) is 13.7. The van der Waals surface area contributed by atoms with Crippen molar-refractivity contribution in [2.45, 2.75) is 13.0 Å². The summed E-state index contributed by atoms with van der Waals surface area (Å²) in [7, 11) is 0. The van der Waals surface area contributed by atoms with Gasteiger partial charge >= 0.3 is 12.0 Å². The van der Waals surface area contributed by atoms with Crippen LogP contribution in [0.25, 0.3) is 5.69 Å². The minimum atomic E-state index is -1.08. The van der Waals surface area contributed by atoms with Crippen molar-refractivity contribution in [3.63, 3.8) is 0 Å². The lowest BCUT2D eigenvalue weighted by Crippen LogP contribution is -2.40. The molecule has 0 aliphatic rings. The van der Waals surface area contributed by atoms with Crippen molar-refractivity contribution in [2.24, 2.45) is 0 Å². The molecule has 1 heterocycles. The van der Waals surface area contributed by atoms with Crippen LogP contribution in [0.3, 0.4) is 0 Å². The van der Waals surface area contributed by atoms with E-state index in [0.29, 0.717) is 5.69 Å². The maximum atomic E-state index is 11.6. The average Bonchev–Trinajstić information content (AvgIpc) is 2.93. The van der Waals surface area contributed by atoms with Gasteiger partial charge in [-0.3, -0.25) is 4.79 Å². The summed E-state index contributed by atoms with van der Waals surface area (Å²) in [6, 6.07) is 9.58. The van der Waals surface area contributed by atoms with Gasteiger partial charge < -0.3 is 20.3 Å². The zero-order valence-electron chi connectivity index (χ0n) is 10.9. The van der Waals surface area contributed by atoms with Crippen molar-refractivity contribution in [1.29, 1.82) is 0 Å². The molecule has 3 N–H and O–H groups in total. The SMILES string of the molecule is CC(NC(=O)Nc1ccc(-n2cccc2)cc1)C(=O)O. The van der Waals surface area contributed by atoms with Crippen molar-refractivity contribution < 1.29 is 14.7 Å². The zero-order chi connectivity index (χ0) is 14.5. The zero-order valence-corrected chi connectivity index (χ0v) is 10.9. The van der Waals surface area contributed by atoms with E-state index in [1.807, 2.05) is 41.2 Å². The number of urea groups is 1. The van der Waals surface area contributed by atoms with E-state index in [4.69, 9.17) is 5.11 Å². The van der Waals surface area contributed by atoms with E-state index in [9.17, 15) is 9.59 Å². The summed E-state index contributed by atoms with van der Waals surface area (Å²) in [6.45, 7) is 1.40. The quantitative estimate of drug-likeness (QED) is 0.797. The van der Waals surface area contributed by atoms with Gasteiger partial charge in [0, 0.05) is 23.8 Å². The average molecular weight is 273 g/mol. The molecule has 1 aromatic heterocycles. The summed E-state index contributed by atoms with van der Waals surface area (Å²) in [6.07, 6.45) is 3.84. The number of hydrogen-bond donors (Lipinski definition) is 3. The molecule has 0 fully saturated rings. The van der Waals surface area contributed by atoms with E-state index in [0.717, 1.165) is 5.69 Å². The van der Waals surface area contributed by atoms with Crippen LogP contribution >= 0.6 is 0 Å². The number of anilines is 1. The number of amides is 2. The first-order valence-corrected chi connectivity index (χ1v) is 6.10. The van der Waals surface area contributed by atoms with Gasteiger partial charge in [0.05, 0.1) is 0 Å². The van der Waals surface area contributed by atoms with Crippen LogP contribution in [-0.4, -0.2) is 27.7 Å². The lowest BCUT2D eigenvalue weighted by Gasteiger charge is -2.11. The normalized spacial score (nSPS) is 11.7. The second kappa shape index (κ2) is 5.92. The predicted octanol–water partition coefficient (Wildman–Crippen LogP) is 2.07. The Kier molecular flexibility index (Phi) is 4.05. The lowest BCUT2D eigenvalue weighted by atomic mass is 10.3. The maximum absolute atomic E-state index is 11.6. The molecule has 0 spiro atoms. The van der Waals surface area contributed by atoms with Crippen LogP contribution in [0.4, 0.5) is 10.5 Å². The molecule has 1 unspecified atom stereocenters. The van der Waals surface area contributed by atoms with Crippen LogP contribution in [0, 0.1) is 0 Å². The van der Waals surface area contributed by atoms with Crippen LogP contribution in [-0.2, 0) is 4.79 Å². The predicted molar refractivity (Wildman–Crippen MR) is 75.0 cm³/mol. The molecule has 0 radical (unpaired) electrons. The van der Waals surface area contributed by atoms with Gasteiger partial charge in [0.2, 0.25) is 0 Å². The third-order valence-electron chi connectivity index (χ3n) is 2.75. The number of carboxylic acids is 1. The number of carbonyl (C=O) groups excluding carboxylic acids is 1. The fraction of sp³-hybridized carbons (Fsp3) is 0.143. The molecule has 6 nitrogen and oxygen atoms in total. The van der Waals surface area contributed by atoms with Gasteiger partial charge in [0.1, 0.15) is 6.04 Å². The van der Waals surface area contributed by atoms with E-state index >= 15 is 0 Å². The highest BCUT2D eigenvalue weighted by atomic mass is 16.4. The molecular formula is C14H15N3O3. The summed E-state index contributed by atoms with van der Waals surface area (Å²) >= 11 is 0. The molecule has 2 aromatic rings. The second-order valence-electron chi connectivity index (χ2n) is 4.30. The summed E-state index contributed by atoms with van der Waals surface area (Å²) in [5, 5.41) is 13.6. The van der Waals surface area contributed by atoms with Crippen LogP contribution in [0.15, 0.2) is 48.8 Å². The van der Waals surface area contributed by atoms with Gasteiger partial charge in [0.25, 0.3) is 0 Å². The molecule has 20 heavy (non-hydrogen) atoms. The van der Waals surface area contributed by atoms with Gasteiger partial charge in [-0.05, 0) is 43.3 Å². The highest BCUT2D eigenvalue weighted by molar-refractivity contribution is 5.92. The molecular weight excluding hydrogens is 258 g/mol. The van der Waals surface area contributed by atoms with Gasteiger partial charge in [-0.25, -0.2) is 4.79 Å². The Morgan fingerprint density at radius 3 is 2.30 bits per heavy atom. The Hall–Kier alpha value is -2.76. The topological polar surface area (TPSA) is 83.4 Å². The molecule has 2 rings (SSSR count). The van der Waals surface area contributed by atoms with Crippen LogP contribution in [0.2, 0.25) is 0 Å². The van der Waals surface area contributed by atoms with Crippen molar-refractivity contribution >= 4 is 17.7 Å². The van der Waals surface area contributed by atoms with E-state index in [-0.39, 0.29) is 0 Å². The van der Waals surface area contributed by atoms with Gasteiger partial charge in [0.15, 0.2) is 0 Å². The minimum absolute atomic E-state index is 0.548. The van der Waals surface area contributed by atoms with Gasteiger partial charge in [-0.15, -0.1) is 0 Å². The molecule has 0 aliphatic heterocycles. The fourth-order valence-electron chi connectivity index (χ4n) is 1.65. The Labute approximate surface area is 116 Å². The number of aliphatic carboxylic acids is 1. The summed E-state index contributed by atoms with van der Waals surface area (Å²) in [5.74, 6) is -1.08. The van der Waals surface area contributed by atoms with Gasteiger partial charge in [-0.1, -0.05) is 0 Å². The highest BCUT2D eigenvalue weighted by Crippen LogP contribution is 2.13. The Morgan fingerprint density at radius 1 is 1.15 bits per heavy atom. The van der Waals surface area contributed by atoms with E-state index in [2.05, 4.69) is 10.6 Å². The number of hydrogen-bond acceptors (Lipinski definition) is 2. The molecule has 0 aliphatic carbocycles. The van der Waals surface area contributed by atoms with E-state index in [1.165, 1.54) is 6.92 Å². The van der Waals surface area contributed by atoms with E-state index in [1.54, 1.807) is 12.1 Å². The summed E-state index contributed by atoms with van der Waals surface area (Å²) in [5.41, 5.74) is 1.57. The maximum Gasteiger partial charge on any atom is 0.325 e. The Morgan fingerprint density at radius 2 is 1.75 bits per heavy atom. The minimum Gasteiger partial charge on any atom is -0.480 e. The van der Waals surface area contributed by atoms with E-state index < -0.39 is 18.0 Å². The van der Waals surface area contributed by atoms with Crippen molar-refractivity contribution in [1.82, 2.24) is 9.88 Å². The third kappa shape index (κ3) is 3.38. The number of benzene rings is 1. The first-order valence-electron chi connectivity index (χ1n) is 6.10. The number of aromatic nitrogens is 1. The third-order valence-corrected chi connectivity index (χ3v) is 2.75. The number of carbonyl (C=O) groups is 2. The molecule has 0 bridgehead atoms. The first-order chi connectivity index (χ1) is 9.56. The van der Waals surface area contributed by atoms with Crippen molar-refractivity contribution in [3.8, 4) is 5.69 Å². The van der Waals surface area contributed by atoms with Crippen LogP contribution < -0.4 is 10.6 Å². The standard InChI is InChI=1S/C14H15N3O3/c1-10(13(18)19)15-14(20)16-11-4-6-12(7-5-11)17-8-2-3-9-17/h2-10H,1H3,(H,18,19)(H2,15,16,20). The number of nitrogens with one attached hydrogen (secondary N) is 2. The summed E-state index contributed by atoms with van der Waals surface area (Å²) < 4.78 is 1.94. The van der Waals surface area contributed by atoms with Crippen LogP contribution in [0.5, 0.6) is 0 Å². The molecule has 2 amide bonds. The smallest absolute Gasteiger partial charge is 0.325 e. The molecule has 0 saturated carbocycles. The van der Waals surface area contributed by atoms with Crippen molar-refractivity contribution in [3.05, 3.63) is 48.8 Å². The molecule has 1 atom stereocenters. The number of carboxylic acid groups (broad SMARTS) is 1. The van der Waals surface area contributed by atoms with Crippen LogP contribution in [0.1, 0.15) is 6.92 Å². The van der Waals surface area contributed by atoms with Gasteiger partial charge in [-0.2, -0.15) is 0 Å². The number of rotatable bonds is 4. The lowest BCUT2D eigenvalue weighted by molar-refractivity contribution is -0.138.